The van der Waals surface area contributed by atoms with Gasteiger partial charge in [0, 0.05) is 11.4 Å². The number of rotatable bonds is 3. The molecule has 1 unspecified atom stereocenters. The Hall–Kier alpha value is -1.77. The number of hydrogen-bond acceptors (Lipinski definition) is 2. The van der Waals surface area contributed by atoms with E-state index in [9.17, 15) is 0 Å². The van der Waals surface area contributed by atoms with E-state index in [1.807, 2.05) is 42.5 Å². The molecule has 0 amide bonds. The molecule has 3 heteroatoms. The standard InChI is InChI=1S/C16H14ClNO/c17-14-8-6-13(7-9-14)16-11-15(19-18-16)10-12-4-2-1-3-5-12/h1-9,11,15,18H,10H2. The van der Waals surface area contributed by atoms with Gasteiger partial charge in [-0.1, -0.05) is 54.1 Å². The molecule has 1 N–H and O–H groups in total. The quantitative estimate of drug-likeness (QED) is 0.916. The van der Waals surface area contributed by atoms with Gasteiger partial charge in [0.15, 0.2) is 0 Å². The first-order valence-electron chi connectivity index (χ1n) is 6.24. The smallest absolute Gasteiger partial charge is 0.110 e. The second-order valence-corrected chi connectivity index (χ2v) is 4.97. The fourth-order valence-electron chi connectivity index (χ4n) is 2.12. The van der Waals surface area contributed by atoms with Crippen molar-refractivity contribution < 1.29 is 4.84 Å². The molecule has 0 spiro atoms. The van der Waals surface area contributed by atoms with Crippen LogP contribution in [0.5, 0.6) is 0 Å². The molecule has 19 heavy (non-hydrogen) atoms. The molecule has 2 aromatic carbocycles. The van der Waals surface area contributed by atoms with E-state index in [0.717, 1.165) is 22.7 Å². The SMILES string of the molecule is Clc1ccc(C2=CC(Cc3ccccc3)ON2)cc1. The van der Waals surface area contributed by atoms with Crippen LogP contribution in [-0.4, -0.2) is 6.10 Å². The van der Waals surface area contributed by atoms with Crippen molar-refractivity contribution in [1.29, 1.82) is 0 Å². The Morgan fingerprint density at radius 2 is 1.74 bits per heavy atom. The zero-order valence-corrected chi connectivity index (χ0v) is 11.1. The van der Waals surface area contributed by atoms with E-state index in [0.29, 0.717) is 0 Å². The van der Waals surface area contributed by atoms with Gasteiger partial charge in [-0.2, -0.15) is 0 Å². The lowest BCUT2D eigenvalue weighted by Crippen LogP contribution is -2.14. The number of hydrogen-bond donors (Lipinski definition) is 1. The Kier molecular flexibility index (Phi) is 3.53. The summed E-state index contributed by atoms with van der Waals surface area (Å²) in [5, 5.41) is 0.740. The van der Waals surface area contributed by atoms with Gasteiger partial charge in [-0.3, -0.25) is 10.3 Å². The predicted molar refractivity (Wildman–Crippen MR) is 77.6 cm³/mol. The summed E-state index contributed by atoms with van der Waals surface area (Å²) in [6.07, 6.45) is 3.04. The van der Waals surface area contributed by atoms with Crippen LogP contribution in [0.4, 0.5) is 0 Å². The van der Waals surface area contributed by atoms with Gasteiger partial charge in [-0.25, -0.2) is 0 Å². The summed E-state index contributed by atoms with van der Waals surface area (Å²) in [5.41, 5.74) is 6.33. The second-order valence-electron chi connectivity index (χ2n) is 4.54. The number of hydroxylamine groups is 1. The highest BCUT2D eigenvalue weighted by atomic mass is 35.5. The zero-order chi connectivity index (χ0) is 13.1. The van der Waals surface area contributed by atoms with E-state index in [-0.39, 0.29) is 6.10 Å². The summed E-state index contributed by atoms with van der Waals surface area (Å²) < 4.78 is 0. The molecule has 0 aliphatic carbocycles. The van der Waals surface area contributed by atoms with Crippen LogP contribution >= 0.6 is 11.6 Å². The van der Waals surface area contributed by atoms with Crippen LogP contribution in [0.2, 0.25) is 5.02 Å². The molecule has 1 aliphatic heterocycles. The molecule has 1 heterocycles. The molecule has 1 atom stereocenters. The summed E-state index contributed by atoms with van der Waals surface area (Å²) in [6, 6.07) is 18.0. The minimum absolute atomic E-state index is 0.0630. The van der Waals surface area contributed by atoms with Crippen LogP contribution in [-0.2, 0) is 11.3 Å². The Labute approximate surface area is 117 Å². The summed E-state index contributed by atoms with van der Waals surface area (Å²) in [4.78, 5) is 5.58. The van der Waals surface area contributed by atoms with Crippen LogP contribution in [0.15, 0.2) is 60.7 Å². The van der Waals surface area contributed by atoms with Gasteiger partial charge in [-0.05, 0) is 29.3 Å². The third-order valence-electron chi connectivity index (χ3n) is 3.11. The molecule has 0 fully saturated rings. The van der Waals surface area contributed by atoms with E-state index in [2.05, 4.69) is 23.7 Å². The fourth-order valence-corrected chi connectivity index (χ4v) is 2.25. The van der Waals surface area contributed by atoms with Crippen LogP contribution in [0.3, 0.4) is 0 Å². The largest absolute Gasteiger partial charge is 0.268 e. The van der Waals surface area contributed by atoms with Gasteiger partial charge >= 0.3 is 0 Å². The van der Waals surface area contributed by atoms with Gasteiger partial charge in [-0.15, -0.1) is 0 Å². The van der Waals surface area contributed by atoms with E-state index < -0.39 is 0 Å². The van der Waals surface area contributed by atoms with Crippen molar-refractivity contribution >= 4 is 17.3 Å². The Morgan fingerprint density at radius 3 is 2.47 bits per heavy atom. The fraction of sp³-hybridized carbons (Fsp3) is 0.125. The first kappa shape index (κ1) is 12.3. The molecule has 0 bridgehead atoms. The molecule has 0 saturated carbocycles. The molecular formula is C16H14ClNO. The van der Waals surface area contributed by atoms with Crippen molar-refractivity contribution in [2.45, 2.75) is 12.5 Å². The topological polar surface area (TPSA) is 21.3 Å². The van der Waals surface area contributed by atoms with Crippen molar-refractivity contribution in [1.82, 2.24) is 5.48 Å². The molecule has 3 rings (SSSR count). The second kappa shape index (κ2) is 5.47. The summed E-state index contributed by atoms with van der Waals surface area (Å²) in [6.45, 7) is 0. The van der Waals surface area contributed by atoms with E-state index in [1.165, 1.54) is 5.56 Å². The van der Waals surface area contributed by atoms with Crippen molar-refractivity contribution in [2.24, 2.45) is 0 Å². The maximum absolute atomic E-state index is 5.88. The minimum Gasteiger partial charge on any atom is -0.268 e. The average Bonchev–Trinajstić information content (AvgIpc) is 2.89. The molecule has 1 aliphatic rings. The highest BCUT2D eigenvalue weighted by Gasteiger charge is 2.17. The van der Waals surface area contributed by atoms with Crippen LogP contribution in [0.25, 0.3) is 5.70 Å². The molecule has 96 valence electrons. The third kappa shape index (κ3) is 2.98. The number of nitrogens with one attached hydrogen (secondary N) is 1. The Balaban J connectivity index is 1.72. The zero-order valence-electron chi connectivity index (χ0n) is 10.3. The van der Waals surface area contributed by atoms with Crippen molar-refractivity contribution in [3.8, 4) is 0 Å². The van der Waals surface area contributed by atoms with Crippen molar-refractivity contribution in [3.63, 3.8) is 0 Å². The van der Waals surface area contributed by atoms with Crippen molar-refractivity contribution in [2.75, 3.05) is 0 Å². The van der Waals surface area contributed by atoms with Gasteiger partial charge in [0.05, 0.1) is 5.70 Å². The molecule has 2 aromatic rings. The Bertz CT molecular complexity index is 577. The summed E-state index contributed by atoms with van der Waals surface area (Å²) >= 11 is 5.88. The molecule has 2 nitrogen and oxygen atoms in total. The first-order chi connectivity index (χ1) is 9.31. The lowest BCUT2D eigenvalue weighted by atomic mass is 10.1. The molecule has 0 saturated heterocycles. The molecule has 0 radical (unpaired) electrons. The highest BCUT2D eigenvalue weighted by molar-refractivity contribution is 6.30. The summed E-state index contributed by atoms with van der Waals surface area (Å²) in [7, 11) is 0. The van der Waals surface area contributed by atoms with Gasteiger partial charge < -0.3 is 0 Å². The van der Waals surface area contributed by atoms with E-state index >= 15 is 0 Å². The minimum atomic E-state index is 0.0630. The van der Waals surface area contributed by atoms with Gasteiger partial charge in [0.1, 0.15) is 6.10 Å². The predicted octanol–water partition coefficient (Wildman–Crippen LogP) is 3.83. The third-order valence-corrected chi connectivity index (χ3v) is 3.36. The summed E-state index contributed by atoms with van der Waals surface area (Å²) in [5.74, 6) is 0. The molecule has 0 aromatic heterocycles. The first-order valence-corrected chi connectivity index (χ1v) is 6.62. The monoisotopic (exact) mass is 271 g/mol. The normalized spacial score (nSPS) is 17.9. The number of benzene rings is 2. The maximum Gasteiger partial charge on any atom is 0.110 e. The average molecular weight is 272 g/mol. The lowest BCUT2D eigenvalue weighted by Gasteiger charge is -2.07. The van der Waals surface area contributed by atoms with Gasteiger partial charge in [0.2, 0.25) is 0 Å². The van der Waals surface area contributed by atoms with E-state index in [1.54, 1.807) is 0 Å². The van der Waals surface area contributed by atoms with Crippen molar-refractivity contribution in [3.05, 3.63) is 76.8 Å². The Morgan fingerprint density at radius 1 is 1.00 bits per heavy atom. The highest BCUT2D eigenvalue weighted by Crippen LogP contribution is 2.22. The van der Waals surface area contributed by atoms with Crippen LogP contribution < -0.4 is 5.48 Å². The van der Waals surface area contributed by atoms with Gasteiger partial charge in [0.25, 0.3) is 0 Å². The van der Waals surface area contributed by atoms with E-state index in [4.69, 9.17) is 16.4 Å². The molecular weight excluding hydrogens is 258 g/mol. The van der Waals surface area contributed by atoms with Crippen LogP contribution in [0.1, 0.15) is 11.1 Å². The van der Waals surface area contributed by atoms with Crippen LogP contribution in [0, 0.1) is 0 Å². The lowest BCUT2D eigenvalue weighted by molar-refractivity contribution is 0.0520. The number of halogens is 1. The maximum atomic E-state index is 5.88.